The maximum absolute atomic E-state index is 11.8. The molecule has 0 aliphatic heterocycles. The number of methoxy groups -OCH3 is 1. The van der Waals surface area contributed by atoms with Gasteiger partial charge in [0.15, 0.2) is 5.96 Å². The monoisotopic (exact) mass is 320 g/mol. The summed E-state index contributed by atoms with van der Waals surface area (Å²) in [5, 5.41) is 6.08. The molecule has 0 aromatic heterocycles. The zero-order chi connectivity index (χ0) is 15.6. The van der Waals surface area contributed by atoms with E-state index in [4.69, 9.17) is 4.74 Å². The average Bonchev–Trinajstić information content (AvgIpc) is 2.37. The van der Waals surface area contributed by atoms with Gasteiger partial charge in [-0.05, 0) is 25.7 Å². The van der Waals surface area contributed by atoms with Crippen molar-refractivity contribution in [1.82, 2.24) is 15.4 Å². The van der Waals surface area contributed by atoms with Gasteiger partial charge in [0.2, 0.25) is 10.0 Å². The summed E-state index contributed by atoms with van der Waals surface area (Å²) in [6.07, 6.45) is 3.49. The van der Waals surface area contributed by atoms with E-state index in [2.05, 4.69) is 20.3 Å². The molecule has 0 unspecified atom stereocenters. The van der Waals surface area contributed by atoms with Crippen LogP contribution in [0.1, 0.15) is 26.2 Å². The van der Waals surface area contributed by atoms with E-state index in [1.165, 1.54) is 6.42 Å². The fourth-order valence-electron chi connectivity index (χ4n) is 1.91. The molecule has 21 heavy (non-hydrogen) atoms. The Bertz CT molecular complexity index is 408. The molecule has 124 valence electrons. The van der Waals surface area contributed by atoms with Crippen molar-refractivity contribution in [3.63, 3.8) is 0 Å². The van der Waals surface area contributed by atoms with Crippen molar-refractivity contribution < 1.29 is 13.2 Å². The van der Waals surface area contributed by atoms with Gasteiger partial charge in [-0.25, -0.2) is 13.1 Å². The van der Waals surface area contributed by atoms with E-state index >= 15 is 0 Å². The first-order valence-corrected chi connectivity index (χ1v) is 9.21. The van der Waals surface area contributed by atoms with Crippen molar-refractivity contribution >= 4 is 16.0 Å². The molecule has 1 fully saturated rings. The molecule has 0 aromatic carbocycles. The molecule has 3 N–H and O–H groups in total. The fraction of sp³-hybridized carbons (Fsp3) is 0.923. The summed E-state index contributed by atoms with van der Waals surface area (Å²) in [5.74, 6) is 1.19. The van der Waals surface area contributed by atoms with E-state index in [9.17, 15) is 8.42 Å². The van der Waals surface area contributed by atoms with Crippen LogP contribution in [0, 0.1) is 5.92 Å². The molecule has 0 bridgehead atoms. The van der Waals surface area contributed by atoms with E-state index in [1.807, 2.05) is 6.92 Å². The summed E-state index contributed by atoms with van der Waals surface area (Å²) in [6.45, 7) is 4.68. The lowest BCUT2D eigenvalue weighted by Gasteiger charge is -2.25. The Morgan fingerprint density at radius 2 is 2.10 bits per heavy atom. The Morgan fingerprint density at radius 1 is 1.33 bits per heavy atom. The average molecular weight is 320 g/mol. The van der Waals surface area contributed by atoms with E-state index in [-0.39, 0.29) is 5.75 Å². The van der Waals surface area contributed by atoms with E-state index in [0.29, 0.717) is 38.1 Å². The van der Waals surface area contributed by atoms with Crippen LogP contribution in [0.3, 0.4) is 0 Å². The van der Waals surface area contributed by atoms with Gasteiger partial charge in [-0.2, -0.15) is 0 Å². The number of rotatable bonds is 10. The first kappa shape index (κ1) is 18.2. The van der Waals surface area contributed by atoms with Crippen LogP contribution in [0.15, 0.2) is 4.99 Å². The summed E-state index contributed by atoms with van der Waals surface area (Å²) < 4.78 is 31.3. The van der Waals surface area contributed by atoms with Crippen LogP contribution in [0.5, 0.6) is 0 Å². The number of nitrogens with one attached hydrogen (secondary N) is 3. The van der Waals surface area contributed by atoms with Crippen molar-refractivity contribution in [2.75, 3.05) is 45.6 Å². The van der Waals surface area contributed by atoms with Gasteiger partial charge in [0, 0.05) is 26.7 Å². The van der Waals surface area contributed by atoms with Gasteiger partial charge in [0.25, 0.3) is 0 Å². The number of hydrogen-bond acceptors (Lipinski definition) is 4. The normalized spacial score (nSPS) is 16.6. The van der Waals surface area contributed by atoms with Gasteiger partial charge in [-0.15, -0.1) is 0 Å². The fourth-order valence-corrected chi connectivity index (χ4v) is 2.91. The van der Waals surface area contributed by atoms with Gasteiger partial charge < -0.3 is 15.4 Å². The largest absolute Gasteiger partial charge is 0.383 e. The molecule has 0 radical (unpaired) electrons. The lowest BCUT2D eigenvalue weighted by atomic mass is 9.86. The van der Waals surface area contributed by atoms with Crippen LogP contribution >= 0.6 is 0 Å². The van der Waals surface area contributed by atoms with Crippen LogP contribution in [0.25, 0.3) is 0 Å². The highest BCUT2D eigenvalue weighted by atomic mass is 32.2. The van der Waals surface area contributed by atoms with Crippen LogP contribution in [0.4, 0.5) is 0 Å². The van der Waals surface area contributed by atoms with Crippen LogP contribution in [-0.2, 0) is 14.8 Å². The second kappa shape index (κ2) is 9.97. The van der Waals surface area contributed by atoms with Crippen LogP contribution < -0.4 is 15.4 Å². The molecule has 1 saturated carbocycles. The minimum absolute atomic E-state index is 0.0500. The Balaban J connectivity index is 2.25. The first-order valence-electron chi connectivity index (χ1n) is 7.56. The molecule has 0 atom stereocenters. The highest BCUT2D eigenvalue weighted by molar-refractivity contribution is 7.89. The van der Waals surface area contributed by atoms with Crippen molar-refractivity contribution in [3.05, 3.63) is 0 Å². The number of ether oxygens (including phenoxy) is 1. The summed E-state index contributed by atoms with van der Waals surface area (Å²) >= 11 is 0. The van der Waals surface area contributed by atoms with Gasteiger partial charge in [0.05, 0.1) is 18.9 Å². The zero-order valence-corrected chi connectivity index (χ0v) is 13.8. The Kier molecular flexibility index (Phi) is 8.63. The highest BCUT2D eigenvalue weighted by Gasteiger charge is 2.19. The third-order valence-corrected chi connectivity index (χ3v) is 4.74. The Labute approximate surface area is 128 Å². The van der Waals surface area contributed by atoms with Gasteiger partial charge >= 0.3 is 0 Å². The molecule has 1 aliphatic rings. The molecule has 0 heterocycles. The molecule has 0 spiro atoms. The van der Waals surface area contributed by atoms with Crippen LogP contribution in [0.2, 0.25) is 0 Å². The zero-order valence-electron chi connectivity index (χ0n) is 13.0. The molecule has 0 aromatic rings. The van der Waals surface area contributed by atoms with Crippen molar-refractivity contribution in [2.24, 2.45) is 10.9 Å². The smallest absolute Gasteiger partial charge is 0.213 e. The molecule has 0 saturated heterocycles. The van der Waals surface area contributed by atoms with E-state index < -0.39 is 10.0 Å². The van der Waals surface area contributed by atoms with Gasteiger partial charge in [-0.1, -0.05) is 6.42 Å². The molecule has 1 aliphatic carbocycles. The van der Waals surface area contributed by atoms with Gasteiger partial charge in [-0.3, -0.25) is 4.99 Å². The first-order chi connectivity index (χ1) is 10.1. The van der Waals surface area contributed by atoms with Crippen molar-refractivity contribution in [2.45, 2.75) is 26.2 Å². The second-order valence-electron chi connectivity index (χ2n) is 5.14. The van der Waals surface area contributed by atoms with E-state index in [0.717, 1.165) is 19.4 Å². The summed E-state index contributed by atoms with van der Waals surface area (Å²) in [7, 11) is -1.59. The third kappa shape index (κ3) is 8.23. The molecule has 1 rings (SSSR count). The summed E-state index contributed by atoms with van der Waals surface area (Å²) in [6, 6.07) is 0. The number of hydrogen-bond donors (Lipinski definition) is 3. The van der Waals surface area contributed by atoms with Crippen molar-refractivity contribution in [3.8, 4) is 0 Å². The summed E-state index contributed by atoms with van der Waals surface area (Å²) in [4.78, 5) is 4.27. The van der Waals surface area contributed by atoms with Crippen molar-refractivity contribution in [1.29, 1.82) is 0 Å². The van der Waals surface area contributed by atoms with E-state index in [1.54, 1.807) is 7.11 Å². The molecule has 8 heteroatoms. The summed E-state index contributed by atoms with van der Waals surface area (Å²) in [5.41, 5.74) is 0. The van der Waals surface area contributed by atoms with Crippen LogP contribution in [-0.4, -0.2) is 60.0 Å². The minimum Gasteiger partial charge on any atom is -0.383 e. The minimum atomic E-state index is -3.21. The third-order valence-electron chi connectivity index (χ3n) is 3.39. The Hall–Kier alpha value is -0.860. The predicted octanol–water partition coefficient (Wildman–Crippen LogP) is -0.0926. The Morgan fingerprint density at radius 3 is 2.67 bits per heavy atom. The van der Waals surface area contributed by atoms with Gasteiger partial charge in [0.1, 0.15) is 0 Å². The lowest BCUT2D eigenvalue weighted by Crippen LogP contribution is -2.42. The highest BCUT2D eigenvalue weighted by Crippen LogP contribution is 2.25. The molecular formula is C13H28N4O3S. The predicted molar refractivity (Wildman–Crippen MR) is 85.0 cm³/mol. The topological polar surface area (TPSA) is 91.8 Å². The number of guanidine groups is 1. The number of sulfonamides is 1. The number of aliphatic imine (C=N–C) groups is 1. The lowest BCUT2D eigenvalue weighted by molar-refractivity contribution is 0.208. The quantitative estimate of drug-likeness (QED) is 0.297. The molecule has 0 amide bonds. The molecule has 7 nitrogen and oxygen atoms in total. The SMILES string of the molecule is CCNC(=NCCOC)NCCS(=O)(=O)NCC1CCC1. The number of nitrogens with zero attached hydrogens (tertiary/aromatic N) is 1. The maximum atomic E-state index is 11.8. The second-order valence-corrected chi connectivity index (χ2v) is 7.07. The molecular weight excluding hydrogens is 292 g/mol. The maximum Gasteiger partial charge on any atom is 0.213 e. The standard InChI is InChI=1S/C13H28N4O3S/c1-3-14-13(15-7-9-20-2)16-8-10-21(18,19)17-11-12-5-4-6-12/h12,17H,3-11H2,1-2H3,(H2,14,15,16).